The summed E-state index contributed by atoms with van der Waals surface area (Å²) in [7, 11) is 0. The molecule has 3 aromatic rings. The van der Waals surface area contributed by atoms with E-state index in [4.69, 9.17) is 0 Å². The lowest BCUT2D eigenvalue weighted by Crippen LogP contribution is -2.05. The molecule has 0 aromatic heterocycles. The number of hydrogen-bond donors (Lipinski definition) is 2. The molecule has 116 valence electrons. The van der Waals surface area contributed by atoms with E-state index in [1.807, 2.05) is 12.1 Å². The van der Waals surface area contributed by atoms with Crippen molar-refractivity contribution >= 4 is 11.4 Å². The summed E-state index contributed by atoms with van der Waals surface area (Å²) in [6, 6.07) is 27.3. The Labute approximate surface area is 138 Å². The summed E-state index contributed by atoms with van der Waals surface area (Å²) >= 11 is 0. The van der Waals surface area contributed by atoms with Crippen molar-refractivity contribution in [1.82, 2.24) is 0 Å². The Bertz CT molecular complexity index is 675. The van der Waals surface area contributed by atoms with E-state index in [-0.39, 0.29) is 0 Å². The number of rotatable bonds is 6. The summed E-state index contributed by atoms with van der Waals surface area (Å²) in [6.07, 6.45) is 0. The van der Waals surface area contributed by atoms with Crippen LogP contribution in [0, 0.1) is 6.92 Å². The molecule has 3 aromatic carbocycles. The van der Waals surface area contributed by atoms with Crippen LogP contribution in [0.4, 0.5) is 11.4 Å². The van der Waals surface area contributed by atoms with Gasteiger partial charge in [-0.25, -0.2) is 0 Å². The van der Waals surface area contributed by atoms with Crippen molar-refractivity contribution in [2.75, 3.05) is 10.6 Å². The molecule has 0 saturated heterocycles. The fourth-order valence-electron chi connectivity index (χ4n) is 2.60. The largest absolute Gasteiger partial charge is 0.381 e. The third-order valence-corrected chi connectivity index (χ3v) is 3.99. The molecule has 0 spiro atoms. The van der Waals surface area contributed by atoms with Crippen LogP contribution < -0.4 is 10.6 Å². The maximum atomic E-state index is 3.53. The van der Waals surface area contributed by atoms with E-state index in [9.17, 15) is 0 Å². The molecule has 0 amide bonds. The fraction of sp³-hybridized carbons (Fsp3) is 0.143. The number of benzene rings is 3. The molecule has 0 aliphatic rings. The van der Waals surface area contributed by atoms with Gasteiger partial charge in [-0.3, -0.25) is 0 Å². The zero-order chi connectivity index (χ0) is 15.9. The predicted molar refractivity (Wildman–Crippen MR) is 98.7 cm³/mol. The van der Waals surface area contributed by atoms with E-state index >= 15 is 0 Å². The van der Waals surface area contributed by atoms with Crippen LogP contribution in [0.3, 0.4) is 0 Å². The second-order valence-electron chi connectivity index (χ2n) is 5.66. The summed E-state index contributed by atoms with van der Waals surface area (Å²) in [5, 5.41) is 7.06. The van der Waals surface area contributed by atoms with Gasteiger partial charge >= 0.3 is 0 Å². The molecule has 23 heavy (non-hydrogen) atoms. The molecule has 0 radical (unpaired) electrons. The molecule has 2 N–H and O–H groups in total. The minimum atomic E-state index is 0.837. The lowest BCUT2D eigenvalue weighted by Gasteiger charge is -2.15. The Kier molecular flexibility index (Phi) is 4.95. The predicted octanol–water partition coefficient (Wildman–Crippen LogP) is 5.22. The van der Waals surface area contributed by atoms with Gasteiger partial charge in [0.15, 0.2) is 0 Å². The van der Waals surface area contributed by atoms with Gasteiger partial charge in [-0.2, -0.15) is 0 Å². The molecule has 0 bridgehead atoms. The standard InChI is InChI=1S/C21H22N2/c1-17-20(22-15-18-9-4-2-5-10-18)13-8-14-21(17)23-16-19-11-6-3-7-12-19/h2-14,22-23H,15-16H2,1H3. The number of nitrogens with one attached hydrogen (secondary N) is 2. The van der Waals surface area contributed by atoms with Gasteiger partial charge < -0.3 is 10.6 Å². The van der Waals surface area contributed by atoms with Crippen molar-refractivity contribution in [3.63, 3.8) is 0 Å². The SMILES string of the molecule is Cc1c(NCc2ccccc2)cccc1NCc1ccccc1. The fourth-order valence-corrected chi connectivity index (χ4v) is 2.60. The van der Waals surface area contributed by atoms with Crippen molar-refractivity contribution < 1.29 is 0 Å². The Morgan fingerprint density at radius 1 is 0.565 bits per heavy atom. The highest BCUT2D eigenvalue weighted by Gasteiger charge is 2.03. The quantitative estimate of drug-likeness (QED) is 0.652. The van der Waals surface area contributed by atoms with Crippen molar-refractivity contribution in [3.8, 4) is 0 Å². The van der Waals surface area contributed by atoms with Gasteiger partial charge in [0, 0.05) is 24.5 Å². The maximum absolute atomic E-state index is 3.53. The molecule has 0 atom stereocenters. The molecule has 0 aliphatic heterocycles. The minimum absolute atomic E-state index is 0.837. The average molecular weight is 302 g/mol. The molecule has 2 nitrogen and oxygen atoms in total. The zero-order valence-corrected chi connectivity index (χ0v) is 13.4. The van der Waals surface area contributed by atoms with Crippen LogP contribution in [0.15, 0.2) is 78.9 Å². The monoisotopic (exact) mass is 302 g/mol. The van der Waals surface area contributed by atoms with E-state index in [1.165, 1.54) is 28.1 Å². The normalized spacial score (nSPS) is 10.3. The van der Waals surface area contributed by atoms with Crippen molar-refractivity contribution in [3.05, 3.63) is 95.6 Å². The first-order valence-corrected chi connectivity index (χ1v) is 7.98. The smallest absolute Gasteiger partial charge is 0.0400 e. The van der Waals surface area contributed by atoms with Crippen molar-refractivity contribution in [1.29, 1.82) is 0 Å². The molecule has 0 aliphatic carbocycles. The van der Waals surface area contributed by atoms with Crippen LogP contribution in [0.25, 0.3) is 0 Å². The number of anilines is 2. The molecular weight excluding hydrogens is 280 g/mol. The third kappa shape index (κ3) is 4.13. The molecule has 0 saturated carbocycles. The average Bonchev–Trinajstić information content (AvgIpc) is 2.61. The van der Waals surface area contributed by atoms with Crippen LogP contribution in [0.2, 0.25) is 0 Å². The first kappa shape index (κ1) is 15.2. The summed E-state index contributed by atoms with van der Waals surface area (Å²) in [4.78, 5) is 0. The van der Waals surface area contributed by atoms with Gasteiger partial charge in [-0.1, -0.05) is 66.7 Å². The van der Waals surface area contributed by atoms with Gasteiger partial charge in [0.25, 0.3) is 0 Å². The van der Waals surface area contributed by atoms with Crippen LogP contribution in [-0.4, -0.2) is 0 Å². The molecule has 3 rings (SSSR count). The minimum Gasteiger partial charge on any atom is -0.381 e. The summed E-state index contributed by atoms with van der Waals surface area (Å²) in [5.74, 6) is 0. The van der Waals surface area contributed by atoms with Crippen molar-refractivity contribution in [2.45, 2.75) is 20.0 Å². The highest BCUT2D eigenvalue weighted by Crippen LogP contribution is 2.24. The third-order valence-electron chi connectivity index (χ3n) is 3.99. The molecule has 0 fully saturated rings. The second kappa shape index (κ2) is 7.50. The lowest BCUT2D eigenvalue weighted by atomic mass is 10.1. The van der Waals surface area contributed by atoms with E-state index < -0.39 is 0 Å². The summed E-state index contributed by atoms with van der Waals surface area (Å²) in [6.45, 7) is 3.83. The van der Waals surface area contributed by atoms with Gasteiger partial charge in [0.1, 0.15) is 0 Å². The van der Waals surface area contributed by atoms with E-state index in [0.717, 1.165) is 13.1 Å². The van der Waals surface area contributed by atoms with Gasteiger partial charge in [-0.15, -0.1) is 0 Å². The zero-order valence-electron chi connectivity index (χ0n) is 13.4. The van der Waals surface area contributed by atoms with Crippen molar-refractivity contribution in [2.24, 2.45) is 0 Å². The first-order chi connectivity index (χ1) is 11.3. The molecular formula is C21H22N2. The summed E-state index contributed by atoms with van der Waals surface area (Å²) < 4.78 is 0. The molecule has 0 heterocycles. The Morgan fingerprint density at radius 3 is 1.43 bits per heavy atom. The van der Waals surface area contributed by atoms with Crippen LogP contribution in [-0.2, 0) is 13.1 Å². The molecule has 0 unspecified atom stereocenters. The highest BCUT2D eigenvalue weighted by atomic mass is 14.9. The van der Waals surface area contributed by atoms with Crippen LogP contribution >= 0.6 is 0 Å². The Morgan fingerprint density at radius 2 is 1.00 bits per heavy atom. The first-order valence-electron chi connectivity index (χ1n) is 7.98. The van der Waals surface area contributed by atoms with E-state index in [0.29, 0.717) is 0 Å². The van der Waals surface area contributed by atoms with Gasteiger partial charge in [0.2, 0.25) is 0 Å². The topological polar surface area (TPSA) is 24.1 Å². The van der Waals surface area contributed by atoms with E-state index in [2.05, 4.69) is 84.3 Å². The second-order valence-corrected chi connectivity index (χ2v) is 5.66. The summed E-state index contributed by atoms with van der Waals surface area (Å²) in [5.41, 5.74) is 6.17. The van der Waals surface area contributed by atoms with Crippen LogP contribution in [0.5, 0.6) is 0 Å². The Hall–Kier alpha value is -2.74. The Balaban J connectivity index is 1.66. The highest BCUT2D eigenvalue weighted by molar-refractivity contribution is 5.65. The lowest BCUT2D eigenvalue weighted by molar-refractivity contribution is 1.12. The van der Waals surface area contributed by atoms with Gasteiger partial charge in [0.05, 0.1) is 0 Å². The number of hydrogen-bond acceptors (Lipinski definition) is 2. The van der Waals surface area contributed by atoms with Crippen LogP contribution in [0.1, 0.15) is 16.7 Å². The maximum Gasteiger partial charge on any atom is 0.0400 e. The van der Waals surface area contributed by atoms with Gasteiger partial charge in [-0.05, 0) is 35.7 Å². The van der Waals surface area contributed by atoms with E-state index in [1.54, 1.807) is 0 Å². The molecule has 2 heteroatoms.